The molecule has 1 aromatic carbocycles. The molecule has 1 atom stereocenters. The Balaban J connectivity index is 1.65. The molecule has 0 aliphatic carbocycles. The Morgan fingerprint density at radius 2 is 2.17 bits per heavy atom. The first kappa shape index (κ1) is 16.6. The number of hydrogen-bond donors (Lipinski definition) is 0. The van der Waals surface area contributed by atoms with E-state index in [0.717, 1.165) is 42.1 Å². The van der Waals surface area contributed by atoms with Gasteiger partial charge in [-0.05, 0) is 49.9 Å². The van der Waals surface area contributed by atoms with Crippen molar-refractivity contribution in [2.75, 3.05) is 13.7 Å². The molecular weight excluding hydrogens is 302 g/mol. The number of carbonyl (C=O) groups excluding carboxylic acids is 1. The number of ether oxygens (including phenoxy) is 1. The molecule has 0 bridgehead atoms. The van der Waals surface area contributed by atoms with E-state index in [9.17, 15) is 4.79 Å². The molecule has 5 heteroatoms. The Labute approximate surface area is 143 Å². The minimum absolute atomic E-state index is 0.184. The fraction of sp³-hybridized carbons (Fsp3) is 0.474. The van der Waals surface area contributed by atoms with Crippen LogP contribution in [0.15, 0.2) is 24.3 Å². The molecule has 1 aliphatic rings. The summed E-state index contributed by atoms with van der Waals surface area (Å²) in [6.07, 6.45) is 2.31. The monoisotopic (exact) mass is 327 g/mol. The molecule has 2 heterocycles. The van der Waals surface area contributed by atoms with E-state index in [1.807, 2.05) is 41.8 Å². The number of benzene rings is 1. The third kappa shape index (κ3) is 3.03. The zero-order valence-electron chi connectivity index (χ0n) is 14.9. The van der Waals surface area contributed by atoms with Gasteiger partial charge in [-0.25, -0.2) is 0 Å². The molecule has 0 spiro atoms. The molecule has 128 valence electrons. The average molecular weight is 327 g/mol. The maximum atomic E-state index is 12.6. The third-order valence-corrected chi connectivity index (χ3v) is 5.07. The smallest absolute Gasteiger partial charge is 0.223 e. The molecule has 5 nitrogen and oxygen atoms in total. The molecule has 0 N–H and O–H groups in total. The number of amides is 1. The van der Waals surface area contributed by atoms with Crippen molar-refractivity contribution in [1.82, 2.24) is 14.7 Å². The lowest BCUT2D eigenvalue weighted by Crippen LogP contribution is -2.45. The van der Waals surface area contributed by atoms with E-state index in [0.29, 0.717) is 6.42 Å². The van der Waals surface area contributed by atoms with E-state index in [-0.39, 0.29) is 11.9 Å². The van der Waals surface area contributed by atoms with Gasteiger partial charge in [-0.2, -0.15) is 5.10 Å². The topological polar surface area (TPSA) is 47.4 Å². The van der Waals surface area contributed by atoms with Crippen LogP contribution in [0.5, 0.6) is 5.75 Å². The van der Waals surface area contributed by atoms with E-state index < -0.39 is 0 Å². The van der Waals surface area contributed by atoms with E-state index in [1.54, 1.807) is 7.11 Å². The van der Waals surface area contributed by atoms with Crippen molar-refractivity contribution in [3.63, 3.8) is 0 Å². The number of carbonyl (C=O) groups is 1. The fourth-order valence-corrected chi connectivity index (χ4v) is 3.44. The Kier molecular flexibility index (Phi) is 4.60. The molecule has 2 aromatic rings. The summed E-state index contributed by atoms with van der Waals surface area (Å²) in [4.78, 5) is 14.6. The molecule has 1 fully saturated rings. The van der Waals surface area contributed by atoms with Crippen LogP contribution in [-0.4, -0.2) is 34.2 Å². The predicted octanol–water partition coefficient (Wildman–Crippen LogP) is 2.95. The molecule has 1 aromatic heterocycles. The van der Waals surface area contributed by atoms with Crippen LogP contribution in [0, 0.1) is 13.8 Å². The lowest BCUT2D eigenvalue weighted by atomic mass is 9.93. The maximum absolute atomic E-state index is 12.6. The minimum Gasteiger partial charge on any atom is -0.497 e. The molecule has 3 rings (SSSR count). The molecular formula is C19H25N3O2. The van der Waals surface area contributed by atoms with Gasteiger partial charge in [0.15, 0.2) is 0 Å². The molecule has 1 unspecified atom stereocenters. The average Bonchev–Trinajstić information content (AvgIpc) is 2.77. The lowest BCUT2D eigenvalue weighted by Gasteiger charge is -2.41. The number of rotatable bonds is 5. The highest BCUT2D eigenvalue weighted by Crippen LogP contribution is 2.35. The van der Waals surface area contributed by atoms with Crippen LogP contribution in [0.4, 0.5) is 0 Å². The van der Waals surface area contributed by atoms with Crippen LogP contribution in [-0.2, 0) is 18.3 Å². The summed E-state index contributed by atoms with van der Waals surface area (Å²) in [5.41, 5.74) is 4.52. The van der Waals surface area contributed by atoms with Gasteiger partial charge in [0.05, 0.1) is 18.8 Å². The van der Waals surface area contributed by atoms with Gasteiger partial charge < -0.3 is 9.64 Å². The second-order valence-electron chi connectivity index (χ2n) is 6.44. The second kappa shape index (κ2) is 6.67. The Hall–Kier alpha value is -2.30. The number of methoxy groups -OCH3 is 1. The third-order valence-electron chi connectivity index (χ3n) is 5.07. The first-order chi connectivity index (χ1) is 11.5. The normalized spacial score (nSPS) is 16.8. The van der Waals surface area contributed by atoms with Crippen molar-refractivity contribution < 1.29 is 9.53 Å². The SMILES string of the molecule is COc1cccc(C2CCN2C(=O)CCc2c(C)nn(C)c2C)c1. The molecule has 1 amide bonds. The summed E-state index contributed by atoms with van der Waals surface area (Å²) in [6.45, 7) is 4.91. The standard InChI is InChI=1S/C19H25N3O2/c1-13-17(14(2)21(3)20-13)8-9-19(23)22-11-10-18(22)15-6-5-7-16(12-15)24-4/h5-7,12,18H,8-11H2,1-4H3. The Bertz CT molecular complexity index is 751. The van der Waals surface area contributed by atoms with Gasteiger partial charge >= 0.3 is 0 Å². The first-order valence-electron chi connectivity index (χ1n) is 8.43. The van der Waals surface area contributed by atoms with Crippen molar-refractivity contribution in [3.8, 4) is 5.75 Å². The van der Waals surface area contributed by atoms with Gasteiger partial charge in [-0.3, -0.25) is 9.48 Å². The Morgan fingerprint density at radius 3 is 2.75 bits per heavy atom. The van der Waals surface area contributed by atoms with Gasteiger partial charge in [0.1, 0.15) is 5.75 Å². The van der Waals surface area contributed by atoms with Gasteiger partial charge in [-0.1, -0.05) is 12.1 Å². The largest absolute Gasteiger partial charge is 0.497 e. The van der Waals surface area contributed by atoms with Crippen LogP contribution in [0.2, 0.25) is 0 Å². The maximum Gasteiger partial charge on any atom is 0.223 e. The summed E-state index contributed by atoms with van der Waals surface area (Å²) in [5.74, 6) is 1.06. The van der Waals surface area contributed by atoms with Crippen molar-refractivity contribution in [1.29, 1.82) is 0 Å². The van der Waals surface area contributed by atoms with E-state index in [2.05, 4.69) is 18.1 Å². The summed E-state index contributed by atoms with van der Waals surface area (Å²) in [7, 11) is 3.61. The van der Waals surface area contributed by atoms with E-state index >= 15 is 0 Å². The van der Waals surface area contributed by atoms with Crippen molar-refractivity contribution >= 4 is 5.91 Å². The lowest BCUT2D eigenvalue weighted by molar-refractivity contribution is -0.139. The number of aryl methyl sites for hydroxylation is 2. The number of hydrogen-bond acceptors (Lipinski definition) is 3. The molecule has 1 aliphatic heterocycles. The zero-order chi connectivity index (χ0) is 17.3. The summed E-state index contributed by atoms with van der Waals surface area (Å²) >= 11 is 0. The van der Waals surface area contributed by atoms with Crippen LogP contribution in [0.3, 0.4) is 0 Å². The molecule has 24 heavy (non-hydrogen) atoms. The quantitative estimate of drug-likeness (QED) is 0.848. The van der Waals surface area contributed by atoms with Crippen molar-refractivity contribution in [3.05, 3.63) is 46.8 Å². The van der Waals surface area contributed by atoms with E-state index in [4.69, 9.17) is 4.74 Å². The highest BCUT2D eigenvalue weighted by Gasteiger charge is 2.33. The van der Waals surface area contributed by atoms with Crippen molar-refractivity contribution in [2.24, 2.45) is 7.05 Å². The fourth-order valence-electron chi connectivity index (χ4n) is 3.44. The highest BCUT2D eigenvalue weighted by atomic mass is 16.5. The van der Waals surface area contributed by atoms with Crippen LogP contribution < -0.4 is 4.74 Å². The summed E-state index contributed by atoms with van der Waals surface area (Å²) in [6, 6.07) is 8.20. The minimum atomic E-state index is 0.184. The zero-order valence-corrected chi connectivity index (χ0v) is 14.9. The van der Waals surface area contributed by atoms with Gasteiger partial charge in [0.25, 0.3) is 0 Å². The molecule has 0 saturated carbocycles. The van der Waals surface area contributed by atoms with Crippen molar-refractivity contribution in [2.45, 2.75) is 39.2 Å². The number of nitrogens with zero attached hydrogens (tertiary/aromatic N) is 3. The van der Waals surface area contributed by atoms with Gasteiger partial charge in [0, 0.05) is 25.7 Å². The molecule has 0 radical (unpaired) electrons. The number of aromatic nitrogens is 2. The number of likely N-dealkylation sites (tertiary alicyclic amines) is 1. The Morgan fingerprint density at radius 1 is 1.38 bits per heavy atom. The summed E-state index contributed by atoms with van der Waals surface area (Å²) in [5, 5.41) is 4.43. The van der Waals surface area contributed by atoms with Crippen LogP contribution in [0.25, 0.3) is 0 Å². The first-order valence-corrected chi connectivity index (χ1v) is 8.43. The predicted molar refractivity (Wildman–Crippen MR) is 93.1 cm³/mol. The van der Waals surface area contributed by atoms with Crippen LogP contribution in [0.1, 0.15) is 41.4 Å². The second-order valence-corrected chi connectivity index (χ2v) is 6.44. The van der Waals surface area contributed by atoms with E-state index in [1.165, 1.54) is 5.56 Å². The highest BCUT2D eigenvalue weighted by molar-refractivity contribution is 5.78. The van der Waals surface area contributed by atoms with Gasteiger partial charge in [0.2, 0.25) is 5.91 Å². The van der Waals surface area contributed by atoms with Crippen LogP contribution >= 0.6 is 0 Å². The molecule has 1 saturated heterocycles. The van der Waals surface area contributed by atoms with Gasteiger partial charge in [-0.15, -0.1) is 0 Å². The summed E-state index contributed by atoms with van der Waals surface area (Å²) < 4.78 is 7.18.